The molecule has 17 heavy (non-hydrogen) atoms. The second-order valence-corrected chi connectivity index (χ2v) is 5.74. The largest absolute Gasteiger partial charge is 0.390 e. The molecule has 0 heterocycles. The first-order valence-corrected chi connectivity index (χ1v) is 6.03. The van der Waals surface area contributed by atoms with E-state index in [0.717, 1.165) is 6.92 Å². The molecular formula is C7H11F6O3P. The molecule has 0 rings (SSSR count). The molecule has 0 saturated carbocycles. The molecule has 0 aromatic carbocycles. The van der Waals surface area contributed by atoms with Crippen LogP contribution in [0.4, 0.5) is 26.3 Å². The maximum absolute atomic E-state index is 12.1. The number of rotatable bonds is 4. The van der Waals surface area contributed by atoms with Crippen molar-refractivity contribution in [3.05, 3.63) is 0 Å². The fourth-order valence-corrected chi connectivity index (χ4v) is 2.65. The van der Waals surface area contributed by atoms with Crippen molar-refractivity contribution in [2.75, 3.05) is 0 Å². The number of hydrogen-bond acceptors (Lipinski definition) is 1. The molecule has 0 bridgehead atoms. The van der Waals surface area contributed by atoms with E-state index in [9.17, 15) is 30.9 Å². The van der Waals surface area contributed by atoms with Gasteiger partial charge in [-0.25, -0.2) is 0 Å². The summed E-state index contributed by atoms with van der Waals surface area (Å²) in [5, 5.41) is -3.14. The molecule has 0 aliphatic rings. The predicted octanol–water partition coefficient (Wildman–Crippen LogP) is 3.22. The molecule has 0 aromatic rings. The molecule has 0 unspecified atom stereocenters. The van der Waals surface area contributed by atoms with Crippen molar-refractivity contribution in [3.63, 3.8) is 0 Å². The molecule has 0 fully saturated rings. The molecular weight excluding hydrogens is 277 g/mol. The van der Waals surface area contributed by atoms with Crippen LogP contribution >= 0.6 is 7.60 Å². The molecule has 0 spiro atoms. The Kier molecular flexibility index (Phi) is 4.70. The highest BCUT2D eigenvalue weighted by Crippen LogP contribution is 2.60. The van der Waals surface area contributed by atoms with Crippen molar-refractivity contribution < 1.29 is 40.7 Å². The fraction of sp³-hybridized carbons (Fsp3) is 1.00. The van der Waals surface area contributed by atoms with Gasteiger partial charge in [0.05, 0.1) is 18.0 Å². The van der Waals surface area contributed by atoms with Crippen LogP contribution in [-0.2, 0) is 4.57 Å². The Morgan fingerprint density at radius 2 is 1.24 bits per heavy atom. The van der Waals surface area contributed by atoms with Gasteiger partial charge in [0.25, 0.3) is 0 Å². The van der Waals surface area contributed by atoms with Crippen molar-refractivity contribution in [3.8, 4) is 0 Å². The Balaban J connectivity index is 5.41. The maximum atomic E-state index is 12.1. The van der Waals surface area contributed by atoms with Gasteiger partial charge in [-0.3, -0.25) is 4.57 Å². The summed E-state index contributed by atoms with van der Waals surface area (Å²) in [5.74, 6) is 0. The van der Waals surface area contributed by atoms with E-state index in [1.807, 2.05) is 0 Å². The van der Waals surface area contributed by atoms with Crippen LogP contribution in [0.1, 0.15) is 26.2 Å². The standard InChI is InChI=1S/C7H11F6O3P/c1-2-5(17(14,15)16,3-6(8,9)10)4-7(11,12)13/h2-4H2,1H3,(H2,14,15,16). The molecule has 0 aliphatic heterocycles. The molecule has 3 nitrogen and oxygen atoms in total. The lowest BCUT2D eigenvalue weighted by Crippen LogP contribution is -2.38. The van der Waals surface area contributed by atoms with Gasteiger partial charge in [0.2, 0.25) is 0 Å². The van der Waals surface area contributed by atoms with Gasteiger partial charge in [-0.2, -0.15) is 26.3 Å². The van der Waals surface area contributed by atoms with E-state index in [1.165, 1.54) is 0 Å². The molecule has 0 atom stereocenters. The zero-order valence-electron chi connectivity index (χ0n) is 8.64. The van der Waals surface area contributed by atoms with Crippen molar-refractivity contribution in [1.29, 1.82) is 0 Å². The van der Waals surface area contributed by atoms with Gasteiger partial charge in [-0.15, -0.1) is 0 Å². The zero-order chi connectivity index (χ0) is 14.1. The minimum Gasteiger partial charge on any atom is -0.324 e. The van der Waals surface area contributed by atoms with E-state index in [4.69, 9.17) is 9.79 Å². The van der Waals surface area contributed by atoms with E-state index in [-0.39, 0.29) is 0 Å². The Bertz CT molecular complexity index is 288. The third-order valence-corrected chi connectivity index (χ3v) is 4.20. The van der Waals surface area contributed by atoms with Gasteiger partial charge in [0, 0.05) is 0 Å². The highest BCUT2D eigenvalue weighted by Gasteiger charge is 2.57. The average Bonchev–Trinajstić information content (AvgIpc) is 1.95. The summed E-state index contributed by atoms with van der Waals surface area (Å²) < 4.78 is 83.7. The smallest absolute Gasteiger partial charge is 0.324 e. The quantitative estimate of drug-likeness (QED) is 0.617. The summed E-state index contributed by atoms with van der Waals surface area (Å²) in [6.45, 7) is 0.885. The lowest BCUT2D eigenvalue weighted by Gasteiger charge is -2.34. The second-order valence-electron chi connectivity index (χ2n) is 3.71. The summed E-state index contributed by atoms with van der Waals surface area (Å²) in [5.41, 5.74) is 0. The van der Waals surface area contributed by atoms with Crippen molar-refractivity contribution in [1.82, 2.24) is 0 Å². The number of halogens is 6. The minimum atomic E-state index is -5.54. The highest BCUT2D eigenvalue weighted by molar-refractivity contribution is 7.53. The van der Waals surface area contributed by atoms with E-state index in [0.29, 0.717) is 0 Å². The lowest BCUT2D eigenvalue weighted by molar-refractivity contribution is -0.170. The van der Waals surface area contributed by atoms with Crippen LogP contribution in [0.2, 0.25) is 0 Å². The Labute approximate surface area is 93.0 Å². The molecule has 0 saturated heterocycles. The summed E-state index contributed by atoms with van der Waals surface area (Å²) in [6.07, 6.45) is -15.4. The van der Waals surface area contributed by atoms with Gasteiger partial charge in [0.15, 0.2) is 0 Å². The van der Waals surface area contributed by atoms with Gasteiger partial charge in [-0.05, 0) is 6.42 Å². The topological polar surface area (TPSA) is 57.5 Å². The maximum Gasteiger partial charge on any atom is 0.390 e. The van der Waals surface area contributed by atoms with Gasteiger partial charge in [0.1, 0.15) is 0 Å². The Hall–Kier alpha value is -0.270. The van der Waals surface area contributed by atoms with Crippen LogP contribution < -0.4 is 0 Å². The van der Waals surface area contributed by atoms with E-state index in [1.54, 1.807) is 0 Å². The van der Waals surface area contributed by atoms with Crippen molar-refractivity contribution in [2.45, 2.75) is 43.7 Å². The Morgan fingerprint density at radius 1 is 0.941 bits per heavy atom. The van der Waals surface area contributed by atoms with E-state index >= 15 is 0 Å². The van der Waals surface area contributed by atoms with Crippen LogP contribution in [0.15, 0.2) is 0 Å². The molecule has 0 aromatic heterocycles. The van der Waals surface area contributed by atoms with Gasteiger partial charge in [-0.1, -0.05) is 6.92 Å². The first-order valence-electron chi connectivity index (χ1n) is 4.41. The van der Waals surface area contributed by atoms with Crippen LogP contribution in [-0.4, -0.2) is 27.3 Å². The summed E-state index contributed by atoms with van der Waals surface area (Å²) in [4.78, 5) is 17.5. The summed E-state index contributed by atoms with van der Waals surface area (Å²) in [7, 11) is -5.54. The van der Waals surface area contributed by atoms with Crippen molar-refractivity contribution >= 4 is 7.60 Å². The van der Waals surface area contributed by atoms with Crippen LogP contribution in [0, 0.1) is 0 Å². The fourth-order valence-electron chi connectivity index (χ4n) is 1.47. The molecule has 0 aliphatic carbocycles. The Morgan fingerprint density at radius 3 is 1.35 bits per heavy atom. The number of alkyl halides is 6. The second kappa shape index (κ2) is 4.78. The van der Waals surface area contributed by atoms with E-state index in [2.05, 4.69) is 0 Å². The molecule has 104 valence electrons. The zero-order valence-corrected chi connectivity index (χ0v) is 9.53. The summed E-state index contributed by atoms with van der Waals surface area (Å²) >= 11 is 0. The minimum absolute atomic E-state index is 0.885. The normalized spacial score (nSPS) is 15.1. The molecule has 0 amide bonds. The SMILES string of the molecule is CCC(CC(F)(F)F)(CC(F)(F)F)P(=O)(O)O. The first-order chi connectivity index (χ1) is 7.22. The first kappa shape index (κ1) is 16.7. The third kappa shape index (κ3) is 5.27. The molecule has 2 N–H and O–H groups in total. The number of hydrogen-bond donors (Lipinski definition) is 2. The van der Waals surface area contributed by atoms with Crippen LogP contribution in [0.3, 0.4) is 0 Å². The van der Waals surface area contributed by atoms with Crippen LogP contribution in [0.25, 0.3) is 0 Å². The lowest BCUT2D eigenvalue weighted by atomic mass is 9.96. The molecule has 10 heteroatoms. The highest BCUT2D eigenvalue weighted by atomic mass is 31.2. The predicted molar refractivity (Wildman–Crippen MR) is 46.4 cm³/mol. The van der Waals surface area contributed by atoms with Crippen LogP contribution in [0.5, 0.6) is 0 Å². The van der Waals surface area contributed by atoms with Gasteiger partial charge >= 0.3 is 19.9 Å². The summed E-state index contributed by atoms with van der Waals surface area (Å²) in [6, 6.07) is 0. The van der Waals surface area contributed by atoms with E-state index < -0.39 is 44.4 Å². The average molecular weight is 288 g/mol. The third-order valence-electron chi connectivity index (χ3n) is 2.34. The molecule has 0 radical (unpaired) electrons. The van der Waals surface area contributed by atoms with Crippen molar-refractivity contribution in [2.24, 2.45) is 0 Å². The monoisotopic (exact) mass is 288 g/mol. The van der Waals surface area contributed by atoms with Gasteiger partial charge < -0.3 is 9.79 Å².